The Morgan fingerprint density at radius 3 is 1.91 bits per heavy atom. The number of likely N-dealkylation sites (tertiary alicyclic amines) is 1. The van der Waals surface area contributed by atoms with Crippen molar-refractivity contribution in [1.29, 1.82) is 0 Å². The molecule has 1 N–H and O–H groups in total. The summed E-state index contributed by atoms with van der Waals surface area (Å²) in [6.07, 6.45) is -3.67. The Hall–Kier alpha value is -3.93. The number of hydrogen-bond acceptors (Lipinski definition) is 3. The predicted molar refractivity (Wildman–Crippen MR) is 161 cm³/mol. The smallest absolute Gasteiger partial charge is 0.349 e. The molecule has 1 saturated heterocycles. The summed E-state index contributed by atoms with van der Waals surface area (Å²) < 4.78 is 94.3. The van der Waals surface area contributed by atoms with Crippen LogP contribution in [0, 0.1) is 0 Å². The van der Waals surface area contributed by atoms with Gasteiger partial charge in [0.2, 0.25) is 5.91 Å². The fourth-order valence-electron chi connectivity index (χ4n) is 7.37. The zero-order valence-corrected chi connectivity index (χ0v) is 25.4. The number of unbranched alkanes of at least 4 members (excludes halogenated alkanes) is 1. The normalized spacial score (nSPS) is 18.2. The van der Waals surface area contributed by atoms with Gasteiger partial charge in [0.1, 0.15) is 5.41 Å². The van der Waals surface area contributed by atoms with E-state index in [1.165, 1.54) is 0 Å². The average Bonchev–Trinajstić information content (AvgIpc) is 3.54. The molecule has 0 saturated carbocycles. The van der Waals surface area contributed by atoms with Gasteiger partial charge in [-0.05, 0) is 66.1 Å². The Morgan fingerprint density at radius 2 is 1.34 bits per heavy atom. The highest BCUT2D eigenvalue weighted by Crippen LogP contribution is 2.52. The van der Waals surface area contributed by atoms with E-state index in [2.05, 4.69) is 4.90 Å². The second-order valence-electron chi connectivity index (χ2n) is 12.6. The van der Waals surface area contributed by atoms with Crippen LogP contribution in [0.1, 0.15) is 59.2 Å². The van der Waals surface area contributed by atoms with Crippen molar-refractivity contribution < 1.29 is 40.3 Å². The molecular weight excluding hydrogens is 627 g/mol. The van der Waals surface area contributed by atoms with Crippen LogP contribution >= 0.6 is 0 Å². The Bertz CT molecular complexity index is 1600. The predicted octanol–water partition coefficient (Wildman–Crippen LogP) is 7.19. The number of carbonyl (C=O) groups is 2. The van der Waals surface area contributed by atoms with E-state index in [1.54, 1.807) is 53.8 Å². The fraction of sp³-hybridized carbons (Fsp3) is 0.429. The molecule has 0 unspecified atom stereocenters. The molecule has 3 aliphatic rings. The molecule has 0 aromatic heterocycles. The molecule has 0 atom stereocenters. The van der Waals surface area contributed by atoms with E-state index in [-0.39, 0.29) is 18.4 Å². The molecule has 1 aliphatic carbocycles. The number of alkyl halides is 7. The largest absolute Gasteiger partial charge is 0.459 e. The van der Waals surface area contributed by atoms with Crippen LogP contribution in [0.3, 0.4) is 0 Å². The number of piperidine rings is 1. The fourth-order valence-corrected chi connectivity index (χ4v) is 7.37. The van der Waals surface area contributed by atoms with Gasteiger partial charge in [-0.25, -0.2) is 0 Å². The van der Waals surface area contributed by atoms with Gasteiger partial charge < -0.3 is 15.1 Å². The molecule has 0 spiro atoms. The Morgan fingerprint density at radius 1 is 0.787 bits per heavy atom. The van der Waals surface area contributed by atoms with Crippen molar-refractivity contribution in [2.24, 2.45) is 0 Å². The number of hydrogen-bond donors (Lipinski definition) is 1. The quantitative estimate of drug-likeness (QED) is 0.185. The highest BCUT2D eigenvalue weighted by Gasteiger charge is 2.73. The first-order chi connectivity index (χ1) is 22.3. The number of nitrogens with zero attached hydrogens (tertiary/aromatic N) is 2. The molecule has 1 fully saturated rings. The molecule has 12 heteroatoms. The second kappa shape index (κ2) is 12.3. The summed E-state index contributed by atoms with van der Waals surface area (Å²) in [6.45, 7) is 0.642. The molecule has 2 aliphatic heterocycles. The van der Waals surface area contributed by atoms with Crippen LogP contribution < -0.4 is 5.32 Å². The average molecular weight is 662 g/mol. The summed E-state index contributed by atoms with van der Waals surface area (Å²) in [5, 5.41) is 1.79. The van der Waals surface area contributed by atoms with Crippen molar-refractivity contribution in [3.63, 3.8) is 0 Å². The molecule has 5 nitrogen and oxygen atoms in total. The summed E-state index contributed by atoms with van der Waals surface area (Å²) in [4.78, 5) is 31.0. The monoisotopic (exact) mass is 661 g/mol. The lowest BCUT2D eigenvalue weighted by Gasteiger charge is -2.37. The van der Waals surface area contributed by atoms with E-state index in [1.807, 2.05) is 29.2 Å². The van der Waals surface area contributed by atoms with Crippen LogP contribution in [0.15, 0.2) is 72.8 Å². The minimum atomic E-state index is -6.49. The third-order valence-corrected chi connectivity index (χ3v) is 9.86. The molecule has 250 valence electrons. The maximum atomic E-state index is 14.3. The molecule has 0 bridgehead atoms. The third-order valence-electron chi connectivity index (χ3n) is 9.86. The number of amides is 2. The SMILES string of the molecule is O=C1c2ccccc2CN1C1CCN(CCCCC2(C(=O)NCC(F)(F)C(F)(F)C(F)(F)F)c3ccccc3-c3ccccc32)CC1. The molecule has 3 aromatic rings. The summed E-state index contributed by atoms with van der Waals surface area (Å²) in [6, 6.07) is 21.5. The van der Waals surface area contributed by atoms with E-state index in [0.717, 1.165) is 37.1 Å². The lowest BCUT2D eigenvalue weighted by molar-refractivity contribution is -0.352. The van der Waals surface area contributed by atoms with E-state index in [9.17, 15) is 40.3 Å². The van der Waals surface area contributed by atoms with E-state index in [4.69, 9.17) is 0 Å². The van der Waals surface area contributed by atoms with Gasteiger partial charge in [-0.1, -0.05) is 73.2 Å². The highest BCUT2D eigenvalue weighted by atomic mass is 19.4. The van der Waals surface area contributed by atoms with E-state index < -0.39 is 35.9 Å². The Labute approximate surface area is 267 Å². The topological polar surface area (TPSA) is 52.7 Å². The summed E-state index contributed by atoms with van der Waals surface area (Å²) in [7, 11) is 0. The van der Waals surface area contributed by atoms with Gasteiger partial charge in [-0.15, -0.1) is 0 Å². The van der Waals surface area contributed by atoms with Crippen molar-refractivity contribution in [1.82, 2.24) is 15.1 Å². The van der Waals surface area contributed by atoms with Crippen LogP contribution in [-0.2, 0) is 16.8 Å². The lowest BCUT2D eigenvalue weighted by Crippen LogP contribution is -2.58. The second-order valence-corrected chi connectivity index (χ2v) is 12.6. The van der Waals surface area contributed by atoms with Crippen LogP contribution in [-0.4, -0.2) is 71.9 Å². The van der Waals surface area contributed by atoms with Crippen LogP contribution in [0.4, 0.5) is 30.7 Å². The first-order valence-corrected chi connectivity index (χ1v) is 15.7. The molecule has 6 rings (SSSR count). The molecular formula is C35H34F7N3O2. The van der Waals surface area contributed by atoms with Gasteiger partial charge in [0.15, 0.2) is 0 Å². The number of carbonyl (C=O) groups excluding carboxylic acids is 2. The standard InChI is InChI=1S/C35H34F7N3O2/c36-33(37,34(38,39)35(40,41)42)22-43-31(47)32(28-13-5-3-11-26(28)27-12-4-6-14-29(27)32)17-7-8-18-44-19-15-24(16-20-44)45-21-23-9-1-2-10-25(23)30(45)46/h1-6,9-14,24H,7-8,15-22H2,(H,43,47). The van der Waals surface area contributed by atoms with Gasteiger partial charge in [0.25, 0.3) is 5.91 Å². The minimum absolute atomic E-state index is 0.0552. The number of halogens is 7. The maximum Gasteiger partial charge on any atom is 0.459 e. The summed E-state index contributed by atoms with van der Waals surface area (Å²) >= 11 is 0. The van der Waals surface area contributed by atoms with Gasteiger partial charge in [0, 0.05) is 31.2 Å². The molecule has 3 aromatic carbocycles. The van der Waals surface area contributed by atoms with Crippen LogP contribution in [0.2, 0.25) is 0 Å². The van der Waals surface area contributed by atoms with Gasteiger partial charge >= 0.3 is 18.0 Å². The van der Waals surface area contributed by atoms with Crippen LogP contribution in [0.5, 0.6) is 0 Å². The lowest BCUT2D eigenvalue weighted by atomic mass is 9.73. The zero-order valence-electron chi connectivity index (χ0n) is 25.4. The highest BCUT2D eigenvalue weighted by molar-refractivity contribution is 6.00. The number of rotatable bonds is 10. The zero-order chi connectivity index (χ0) is 33.6. The molecule has 0 radical (unpaired) electrons. The number of benzene rings is 3. The third kappa shape index (κ3) is 5.68. The van der Waals surface area contributed by atoms with E-state index >= 15 is 0 Å². The number of fused-ring (bicyclic) bond motifs is 4. The van der Waals surface area contributed by atoms with Crippen molar-refractivity contribution >= 4 is 11.8 Å². The van der Waals surface area contributed by atoms with Crippen molar-refractivity contribution in [3.8, 4) is 11.1 Å². The first-order valence-electron chi connectivity index (χ1n) is 15.7. The van der Waals surface area contributed by atoms with E-state index in [0.29, 0.717) is 48.2 Å². The molecule has 2 heterocycles. The molecule has 47 heavy (non-hydrogen) atoms. The summed E-state index contributed by atoms with van der Waals surface area (Å²) in [5.74, 6) is -12.9. The first kappa shape index (κ1) is 33.0. The Kier molecular flexibility index (Phi) is 8.61. The van der Waals surface area contributed by atoms with Gasteiger partial charge in [-0.3, -0.25) is 9.59 Å². The van der Waals surface area contributed by atoms with Gasteiger partial charge in [0.05, 0.1) is 6.54 Å². The maximum absolute atomic E-state index is 14.3. The Balaban J connectivity index is 1.13. The van der Waals surface area contributed by atoms with Crippen molar-refractivity contribution in [2.45, 2.75) is 68.1 Å². The van der Waals surface area contributed by atoms with Gasteiger partial charge in [-0.2, -0.15) is 30.7 Å². The van der Waals surface area contributed by atoms with Crippen LogP contribution in [0.25, 0.3) is 11.1 Å². The number of nitrogens with one attached hydrogen (secondary N) is 1. The molecule has 2 amide bonds. The summed E-state index contributed by atoms with van der Waals surface area (Å²) in [5.41, 5.74) is 2.54. The van der Waals surface area contributed by atoms with Crippen molar-refractivity contribution in [2.75, 3.05) is 26.2 Å². The minimum Gasteiger partial charge on any atom is -0.349 e. The van der Waals surface area contributed by atoms with Crippen molar-refractivity contribution in [3.05, 3.63) is 95.1 Å².